The molecule has 1 aliphatic heterocycles. The van der Waals surface area contributed by atoms with Gasteiger partial charge in [0.1, 0.15) is 5.82 Å². The monoisotopic (exact) mass is 207 g/mol. The van der Waals surface area contributed by atoms with Gasteiger partial charge in [-0.3, -0.25) is 10.1 Å². The molecular formula is C9H13N5O. The van der Waals surface area contributed by atoms with Gasteiger partial charge in [0.15, 0.2) is 0 Å². The Morgan fingerprint density at radius 1 is 1.53 bits per heavy atom. The summed E-state index contributed by atoms with van der Waals surface area (Å²) in [5.41, 5.74) is 0.814. The van der Waals surface area contributed by atoms with E-state index in [4.69, 9.17) is 0 Å². The first-order chi connectivity index (χ1) is 7.16. The molecule has 1 aromatic rings. The van der Waals surface area contributed by atoms with E-state index in [9.17, 15) is 4.79 Å². The number of amides is 1. The summed E-state index contributed by atoms with van der Waals surface area (Å²) >= 11 is 0. The van der Waals surface area contributed by atoms with Crippen LogP contribution in [0.25, 0.3) is 0 Å². The molecule has 1 unspecified atom stereocenters. The number of rotatable bonds is 1. The van der Waals surface area contributed by atoms with Crippen LogP contribution in [-0.2, 0) is 4.79 Å². The first-order valence-electron chi connectivity index (χ1n) is 4.87. The zero-order valence-corrected chi connectivity index (χ0v) is 8.69. The van der Waals surface area contributed by atoms with Gasteiger partial charge in [-0.15, -0.1) is 5.10 Å². The van der Waals surface area contributed by atoms with Crippen molar-refractivity contribution in [2.24, 2.45) is 0 Å². The molecule has 1 aromatic heterocycles. The maximum atomic E-state index is 11.2. The Morgan fingerprint density at radius 2 is 2.33 bits per heavy atom. The summed E-state index contributed by atoms with van der Waals surface area (Å²) in [4.78, 5) is 15.5. The lowest BCUT2D eigenvalue weighted by Gasteiger charge is -2.28. The van der Waals surface area contributed by atoms with Gasteiger partial charge in [0.2, 0.25) is 5.91 Å². The second-order valence-electron chi connectivity index (χ2n) is 3.61. The van der Waals surface area contributed by atoms with Crippen molar-refractivity contribution in [2.75, 3.05) is 6.54 Å². The Kier molecular flexibility index (Phi) is 2.59. The van der Waals surface area contributed by atoms with Gasteiger partial charge >= 0.3 is 0 Å². The molecule has 2 rings (SSSR count). The maximum Gasteiger partial charge on any atom is 0.236 e. The van der Waals surface area contributed by atoms with Gasteiger partial charge in [0, 0.05) is 6.54 Å². The number of aromatic nitrogens is 3. The summed E-state index contributed by atoms with van der Waals surface area (Å²) in [5, 5.41) is 13.6. The van der Waals surface area contributed by atoms with Gasteiger partial charge in [-0.05, 0) is 13.8 Å². The van der Waals surface area contributed by atoms with Crippen LogP contribution in [-0.4, -0.2) is 33.7 Å². The third kappa shape index (κ3) is 2.10. The lowest BCUT2D eigenvalue weighted by atomic mass is 10.1. The van der Waals surface area contributed by atoms with Gasteiger partial charge in [0.25, 0.3) is 0 Å². The first kappa shape index (κ1) is 9.97. The minimum absolute atomic E-state index is 0.0185. The molecule has 0 bridgehead atoms. The Labute approximate surface area is 87.5 Å². The lowest BCUT2D eigenvalue weighted by molar-refractivity contribution is -0.124. The number of piperazine rings is 1. The van der Waals surface area contributed by atoms with Gasteiger partial charge < -0.3 is 5.32 Å². The van der Waals surface area contributed by atoms with Gasteiger partial charge in [-0.25, -0.2) is 4.98 Å². The maximum absolute atomic E-state index is 11.2. The summed E-state index contributed by atoms with van der Waals surface area (Å²) < 4.78 is 0. The van der Waals surface area contributed by atoms with E-state index in [2.05, 4.69) is 25.8 Å². The zero-order valence-electron chi connectivity index (χ0n) is 8.69. The van der Waals surface area contributed by atoms with Crippen LogP contribution in [0.3, 0.4) is 0 Å². The van der Waals surface area contributed by atoms with Crippen molar-refractivity contribution in [3.63, 3.8) is 0 Å². The SMILES string of the molecule is Cc1nncc(C2CNC(=O)[C@@H](C)N2)n1. The third-order valence-corrected chi connectivity index (χ3v) is 2.37. The third-order valence-electron chi connectivity index (χ3n) is 2.37. The molecule has 2 heterocycles. The number of carbonyl (C=O) groups excluding carboxylic acids is 1. The normalized spacial score (nSPS) is 26.1. The van der Waals surface area contributed by atoms with E-state index < -0.39 is 0 Å². The van der Waals surface area contributed by atoms with Crippen molar-refractivity contribution in [1.82, 2.24) is 25.8 Å². The van der Waals surface area contributed by atoms with E-state index in [0.717, 1.165) is 5.69 Å². The Bertz CT molecular complexity index is 381. The highest BCUT2D eigenvalue weighted by atomic mass is 16.2. The van der Waals surface area contributed by atoms with Gasteiger partial charge in [-0.2, -0.15) is 5.10 Å². The molecule has 0 radical (unpaired) electrons. The molecule has 6 nitrogen and oxygen atoms in total. The molecule has 2 atom stereocenters. The number of hydrogen-bond donors (Lipinski definition) is 2. The molecule has 1 saturated heterocycles. The molecule has 1 aliphatic rings. The smallest absolute Gasteiger partial charge is 0.236 e. The predicted molar refractivity (Wildman–Crippen MR) is 52.9 cm³/mol. The molecule has 0 saturated carbocycles. The van der Waals surface area contributed by atoms with Crippen molar-refractivity contribution in [3.8, 4) is 0 Å². The minimum atomic E-state index is -0.195. The number of aryl methyl sites for hydroxylation is 1. The Balaban J connectivity index is 2.15. The van der Waals surface area contributed by atoms with Crippen molar-refractivity contribution >= 4 is 5.91 Å². The highest BCUT2D eigenvalue weighted by Gasteiger charge is 2.26. The predicted octanol–water partition coefficient (Wildman–Crippen LogP) is -0.671. The van der Waals surface area contributed by atoms with Crippen molar-refractivity contribution in [2.45, 2.75) is 25.9 Å². The van der Waals surface area contributed by atoms with Crippen LogP contribution in [0.15, 0.2) is 6.20 Å². The van der Waals surface area contributed by atoms with E-state index in [1.165, 1.54) is 0 Å². The molecule has 1 amide bonds. The fraction of sp³-hybridized carbons (Fsp3) is 0.556. The second kappa shape index (κ2) is 3.90. The first-order valence-corrected chi connectivity index (χ1v) is 4.87. The molecule has 80 valence electrons. The summed E-state index contributed by atoms with van der Waals surface area (Å²) in [5.74, 6) is 0.656. The molecule has 0 spiro atoms. The largest absolute Gasteiger partial charge is 0.353 e. The average Bonchev–Trinajstić information content (AvgIpc) is 2.22. The van der Waals surface area contributed by atoms with E-state index in [-0.39, 0.29) is 18.0 Å². The summed E-state index contributed by atoms with van der Waals surface area (Å²) in [7, 11) is 0. The number of hydrogen-bond acceptors (Lipinski definition) is 5. The Morgan fingerprint density at radius 3 is 3.00 bits per heavy atom. The van der Waals surface area contributed by atoms with E-state index >= 15 is 0 Å². The van der Waals surface area contributed by atoms with Crippen molar-refractivity contribution < 1.29 is 4.79 Å². The van der Waals surface area contributed by atoms with E-state index in [1.54, 1.807) is 13.1 Å². The molecular weight excluding hydrogens is 194 g/mol. The molecule has 1 fully saturated rings. The van der Waals surface area contributed by atoms with Crippen LogP contribution in [0.1, 0.15) is 24.5 Å². The van der Waals surface area contributed by atoms with Crippen LogP contribution in [0.5, 0.6) is 0 Å². The number of nitrogens with zero attached hydrogens (tertiary/aromatic N) is 3. The summed E-state index contributed by atoms with van der Waals surface area (Å²) in [6, 6.07) is -0.175. The zero-order chi connectivity index (χ0) is 10.8. The molecule has 2 N–H and O–H groups in total. The van der Waals surface area contributed by atoms with Crippen molar-refractivity contribution in [3.05, 3.63) is 17.7 Å². The number of nitrogens with one attached hydrogen (secondary N) is 2. The molecule has 0 aromatic carbocycles. The lowest BCUT2D eigenvalue weighted by Crippen LogP contribution is -2.53. The van der Waals surface area contributed by atoms with Gasteiger partial charge in [-0.1, -0.05) is 0 Å². The second-order valence-corrected chi connectivity index (χ2v) is 3.61. The van der Waals surface area contributed by atoms with Gasteiger partial charge in [0.05, 0.1) is 24.0 Å². The summed E-state index contributed by atoms with van der Waals surface area (Å²) in [6.45, 7) is 4.16. The van der Waals surface area contributed by atoms with Crippen molar-refractivity contribution in [1.29, 1.82) is 0 Å². The van der Waals surface area contributed by atoms with Crippen LogP contribution < -0.4 is 10.6 Å². The molecule has 0 aliphatic carbocycles. The van der Waals surface area contributed by atoms with Crippen LogP contribution in [0.4, 0.5) is 0 Å². The fourth-order valence-electron chi connectivity index (χ4n) is 1.56. The summed E-state index contributed by atoms with van der Waals surface area (Å²) in [6.07, 6.45) is 1.62. The van der Waals surface area contributed by atoms with E-state index in [0.29, 0.717) is 12.4 Å². The Hall–Kier alpha value is -1.56. The van der Waals surface area contributed by atoms with Crippen LogP contribution in [0, 0.1) is 6.92 Å². The van der Waals surface area contributed by atoms with Crippen LogP contribution in [0.2, 0.25) is 0 Å². The number of carbonyl (C=O) groups is 1. The quantitative estimate of drug-likeness (QED) is 0.638. The van der Waals surface area contributed by atoms with E-state index in [1.807, 2.05) is 6.92 Å². The standard InChI is InChI=1S/C9H13N5O/c1-5-9(15)10-3-7(12-5)8-4-11-14-6(2)13-8/h4-5,7,12H,3H2,1-2H3,(H,10,15)/t5-,7?/m1/s1. The molecule has 15 heavy (non-hydrogen) atoms. The minimum Gasteiger partial charge on any atom is -0.353 e. The highest BCUT2D eigenvalue weighted by Crippen LogP contribution is 2.11. The fourth-order valence-corrected chi connectivity index (χ4v) is 1.56. The van der Waals surface area contributed by atoms with Crippen LogP contribution >= 0.6 is 0 Å². The topological polar surface area (TPSA) is 79.8 Å². The molecule has 6 heteroatoms. The average molecular weight is 207 g/mol. The highest BCUT2D eigenvalue weighted by molar-refractivity contribution is 5.82.